The number of urea groups is 1. The fraction of sp³-hybridized carbons (Fsp3) is 0.556. The van der Waals surface area contributed by atoms with Gasteiger partial charge < -0.3 is 15.6 Å². The molecule has 2 amide bonds. The predicted molar refractivity (Wildman–Crippen MR) is 62.0 cm³/mol. The van der Waals surface area contributed by atoms with E-state index in [1.54, 1.807) is 12.4 Å². The van der Waals surface area contributed by atoms with Crippen molar-refractivity contribution in [3.8, 4) is 0 Å². The lowest BCUT2D eigenvalue weighted by molar-refractivity contribution is 0.238. The van der Waals surface area contributed by atoms with E-state index in [1.165, 1.54) is 0 Å². The Morgan fingerprint density at radius 3 is 2.93 bits per heavy atom. The van der Waals surface area contributed by atoms with Gasteiger partial charge in [0.2, 0.25) is 0 Å². The number of amides is 2. The Balaban J connectivity index is 2.28. The van der Waals surface area contributed by atoms with Gasteiger partial charge in [0.15, 0.2) is 0 Å². The molecule has 0 spiro atoms. The molecular formula is C9H16N4OS. The highest BCUT2D eigenvalue weighted by Crippen LogP contribution is 2.13. The SMILES string of the molecule is CC(C)NC(=O)NCC(S)c1ncc[nH]1. The Bertz CT molecular complexity index is 299. The van der Waals surface area contributed by atoms with Gasteiger partial charge in [0.25, 0.3) is 0 Å². The maximum atomic E-state index is 11.2. The molecule has 0 saturated carbocycles. The zero-order valence-electron chi connectivity index (χ0n) is 8.82. The van der Waals surface area contributed by atoms with Gasteiger partial charge in [-0.25, -0.2) is 9.78 Å². The zero-order chi connectivity index (χ0) is 11.3. The van der Waals surface area contributed by atoms with Crippen LogP contribution < -0.4 is 10.6 Å². The van der Waals surface area contributed by atoms with E-state index in [0.29, 0.717) is 6.54 Å². The topological polar surface area (TPSA) is 69.8 Å². The van der Waals surface area contributed by atoms with Gasteiger partial charge in [-0.15, -0.1) is 0 Å². The third kappa shape index (κ3) is 4.24. The number of thiol groups is 1. The lowest BCUT2D eigenvalue weighted by atomic mass is 10.4. The first-order chi connectivity index (χ1) is 7.09. The molecule has 15 heavy (non-hydrogen) atoms. The number of nitrogens with zero attached hydrogens (tertiary/aromatic N) is 1. The summed E-state index contributed by atoms with van der Waals surface area (Å²) in [5, 5.41) is 5.33. The molecule has 0 aromatic carbocycles. The van der Waals surface area contributed by atoms with Crippen LogP contribution in [-0.4, -0.2) is 28.6 Å². The summed E-state index contributed by atoms with van der Waals surface area (Å²) in [4.78, 5) is 18.2. The molecule has 1 aromatic rings. The zero-order valence-corrected chi connectivity index (χ0v) is 9.71. The first kappa shape index (κ1) is 11.9. The number of hydrogen-bond acceptors (Lipinski definition) is 3. The fourth-order valence-electron chi connectivity index (χ4n) is 1.06. The first-order valence-electron chi connectivity index (χ1n) is 4.81. The molecular weight excluding hydrogens is 212 g/mol. The van der Waals surface area contributed by atoms with E-state index in [-0.39, 0.29) is 17.3 Å². The van der Waals surface area contributed by atoms with Crippen LogP contribution in [0.15, 0.2) is 12.4 Å². The molecule has 0 bridgehead atoms. The highest BCUT2D eigenvalue weighted by Gasteiger charge is 2.10. The molecule has 6 heteroatoms. The van der Waals surface area contributed by atoms with Crippen LogP contribution >= 0.6 is 12.6 Å². The van der Waals surface area contributed by atoms with Crippen LogP contribution in [0.2, 0.25) is 0 Å². The highest BCUT2D eigenvalue weighted by atomic mass is 32.1. The Morgan fingerprint density at radius 2 is 2.40 bits per heavy atom. The van der Waals surface area contributed by atoms with Crippen LogP contribution in [-0.2, 0) is 0 Å². The van der Waals surface area contributed by atoms with E-state index < -0.39 is 0 Å². The normalized spacial score (nSPS) is 12.5. The molecule has 0 aliphatic rings. The van der Waals surface area contributed by atoms with Gasteiger partial charge >= 0.3 is 6.03 Å². The average Bonchev–Trinajstić information content (AvgIpc) is 2.65. The van der Waals surface area contributed by atoms with Crippen molar-refractivity contribution in [1.82, 2.24) is 20.6 Å². The van der Waals surface area contributed by atoms with Gasteiger partial charge in [-0.3, -0.25) is 0 Å². The molecule has 0 aliphatic carbocycles. The molecule has 0 fully saturated rings. The second-order valence-electron chi connectivity index (χ2n) is 3.50. The molecule has 1 rings (SSSR count). The number of hydrogen-bond donors (Lipinski definition) is 4. The third-order valence-electron chi connectivity index (χ3n) is 1.71. The largest absolute Gasteiger partial charge is 0.348 e. The van der Waals surface area contributed by atoms with Crippen molar-refractivity contribution >= 4 is 18.7 Å². The number of nitrogens with one attached hydrogen (secondary N) is 3. The quantitative estimate of drug-likeness (QED) is 0.583. The fourth-order valence-corrected chi connectivity index (χ4v) is 1.29. The molecule has 3 N–H and O–H groups in total. The van der Waals surface area contributed by atoms with Crippen molar-refractivity contribution in [2.45, 2.75) is 25.1 Å². The number of carbonyl (C=O) groups is 1. The van der Waals surface area contributed by atoms with Crippen molar-refractivity contribution in [3.05, 3.63) is 18.2 Å². The summed E-state index contributed by atoms with van der Waals surface area (Å²) in [6.07, 6.45) is 3.39. The molecule has 1 atom stereocenters. The van der Waals surface area contributed by atoms with Gasteiger partial charge in [0, 0.05) is 25.0 Å². The summed E-state index contributed by atoms with van der Waals surface area (Å²) in [5.74, 6) is 0.753. The molecule has 0 aliphatic heterocycles. The van der Waals surface area contributed by atoms with Gasteiger partial charge in [0.1, 0.15) is 5.82 Å². The second kappa shape index (κ2) is 5.65. The second-order valence-corrected chi connectivity index (χ2v) is 4.12. The van der Waals surface area contributed by atoms with Crippen LogP contribution in [0.1, 0.15) is 24.9 Å². The summed E-state index contributed by atoms with van der Waals surface area (Å²) < 4.78 is 0. The average molecular weight is 228 g/mol. The number of imidazole rings is 1. The number of H-pyrrole nitrogens is 1. The maximum Gasteiger partial charge on any atom is 0.315 e. The minimum atomic E-state index is -0.185. The smallest absolute Gasteiger partial charge is 0.315 e. The summed E-state index contributed by atoms with van der Waals surface area (Å²) in [6.45, 7) is 4.25. The van der Waals surface area contributed by atoms with Gasteiger partial charge in [-0.05, 0) is 13.8 Å². The van der Waals surface area contributed by atoms with E-state index in [4.69, 9.17) is 0 Å². The van der Waals surface area contributed by atoms with Crippen molar-refractivity contribution in [2.24, 2.45) is 0 Å². The summed E-state index contributed by atoms with van der Waals surface area (Å²) in [7, 11) is 0. The van der Waals surface area contributed by atoms with Crippen LogP contribution in [0, 0.1) is 0 Å². The van der Waals surface area contributed by atoms with Crippen LogP contribution in [0.25, 0.3) is 0 Å². The van der Waals surface area contributed by atoms with E-state index >= 15 is 0 Å². The van der Waals surface area contributed by atoms with E-state index in [9.17, 15) is 4.79 Å². The molecule has 1 heterocycles. The number of aromatic nitrogens is 2. The Hall–Kier alpha value is -1.17. The minimum Gasteiger partial charge on any atom is -0.348 e. The monoisotopic (exact) mass is 228 g/mol. The van der Waals surface area contributed by atoms with E-state index in [2.05, 4.69) is 33.2 Å². The number of rotatable bonds is 4. The van der Waals surface area contributed by atoms with Crippen LogP contribution in [0.5, 0.6) is 0 Å². The Kier molecular flexibility index (Phi) is 4.48. The van der Waals surface area contributed by atoms with Crippen molar-refractivity contribution < 1.29 is 4.79 Å². The summed E-state index contributed by atoms with van der Waals surface area (Å²) in [6, 6.07) is -0.0532. The van der Waals surface area contributed by atoms with Gasteiger partial charge in [-0.1, -0.05) is 0 Å². The number of aromatic amines is 1. The number of carbonyl (C=O) groups excluding carboxylic acids is 1. The molecule has 84 valence electrons. The first-order valence-corrected chi connectivity index (χ1v) is 5.33. The summed E-state index contributed by atoms with van der Waals surface area (Å²) in [5.41, 5.74) is 0. The standard InChI is InChI=1S/C9H16N4OS/c1-6(2)13-9(14)12-5-7(15)8-10-3-4-11-8/h3-4,6-7,15H,5H2,1-2H3,(H,10,11)(H2,12,13,14). The molecule has 1 unspecified atom stereocenters. The Morgan fingerprint density at radius 1 is 1.67 bits per heavy atom. The Labute approximate surface area is 94.5 Å². The molecule has 5 nitrogen and oxygen atoms in total. The molecule has 0 radical (unpaired) electrons. The van der Waals surface area contributed by atoms with Crippen molar-refractivity contribution in [2.75, 3.05) is 6.54 Å². The van der Waals surface area contributed by atoms with Gasteiger partial charge in [0.05, 0.1) is 5.25 Å². The van der Waals surface area contributed by atoms with Crippen molar-refractivity contribution in [1.29, 1.82) is 0 Å². The van der Waals surface area contributed by atoms with E-state index in [0.717, 1.165) is 5.82 Å². The molecule has 0 saturated heterocycles. The molecule has 1 aromatic heterocycles. The van der Waals surface area contributed by atoms with Crippen molar-refractivity contribution in [3.63, 3.8) is 0 Å². The summed E-state index contributed by atoms with van der Waals surface area (Å²) >= 11 is 4.31. The predicted octanol–water partition coefficient (Wildman–Crippen LogP) is 1.09. The van der Waals surface area contributed by atoms with Crippen LogP contribution in [0.4, 0.5) is 4.79 Å². The minimum absolute atomic E-state index is 0.113. The highest BCUT2D eigenvalue weighted by molar-refractivity contribution is 7.80. The lowest BCUT2D eigenvalue weighted by Gasteiger charge is -2.12. The maximum absolute atomic E-state index is 11.2. The lowest BCUT2D eigenvalue weighted by Crippen LogP contribution is -2.40. The van der Waals surface area contributed by atoms with Crippen LogP contribution in [0.3, 0.4) is 0 Å². The van der Waals surface area contributed by atoms with E-state index in [1.807, 2.05) is 13.8 Å². The third-order valence-corrected chi connectivity index (χ3v) is 2.14. The van der Waals surface area contributed by atoms with Gasteiger partial charge in [-0.2, -0.15) is 12.6 Å².